The Balaban J connectivity index is 2.48. The summed E-state index contributed by atoms with van der Waals surface area (Å²) >= 11 is 0. The van der Waals surface area contributed by atoms with Crippen molar-refractivity contribution in [3.8, 4) is 5.75 Å². The zero-order valence-corrected chi connectivity index (χ0v) is 11.0. The lowest BCUT2D eigenvalue weighted by atomic mass is 10.1. The number of benzene rings is 1. The number of amides is 1. The van der Waals surface area contributed by atoms with E-state index < -0.39 is 12.8 Å². The lowest BCUT2D eigenvalue weighted by Gasteiger charge is -2.11. The molecular formula is C13H17F3N2O2. The molecule has 3 N–H and O–H groups in total. The Bertz CT molecular complexity index is 432. The van der Waals surface area contributed by atoms with Gasteiger partial charge in [0.1, 0.15) is 5.75 Å². The highest BCUT2D eigenvalue weighted by Gasteiger charge is 2.28. The van der Waals surface area contributed by atoms with E-state index in [0.29, 0.717) is 18.7 Å². The van der Waals surface area contributed by atoms with Gasteiger partial charge in [-0.15, -0.1) is 0 Å². The van der Waals surface area contributed by atoms with Crippen LogP contribution in [0.25, 0.3) is 0 Å². The number of anilines is 1. The number of hydrogen-bond acceptors (Lipinski definition) is 3. The van der Waals surface area contributed by atoms with Gasteiger partial charge in [-0.2, -0.15) is 13.2 Å². The summed E-state index contributed by atoms with van der Waals surface area (Å²) in [6.07, 6.45) is -4.08. The summed E-state index contributed by atoms with van der Waals surface area (Å²) in [7, 11) is 0. The van der Waals surface area contributed by atoms with Gasteiger partial charge in [0, 0.05) is 12.1 Å². The average molecular weight is 290 g/mol. The van der Waals surface area contributed by atoms with E-state index in [4.69, 9.17) is 5.73 Å². The third-order valence-electron chi connectivity index (χ3n) is 2.48. The van der Waals surface area contributed by atoms with E-state index in [0.717, 1.165) is 0 Å². The Morgan fingerprint density at radius 3 is 2.45 bits per heavy atom. The fourth-order valence-electron chi connectivity index (χ4n) is 1.41. The molecule has 112 valence electrons. The minimum atomic E-state index is -4.37. The van der Waals surface area contributed by atoms with Crippen LogP contribution in [0.3, 0.4) is 0 Å². The Hall–Kier alpha value is -1.76. The summed E-state index contributed by atoms with van der Waals surface area (Å²) in [4.78, 5) is 11.6. The van der Waals surface area contributed by atoms with Crippen molar-refractivity contribution >= 4 is 11.6 Å². The first-order valence-corrected chi connectivity index (χ1v) is 6.09. The fourth-order valence-corrected chi connectivity index (χ4v) is 1.41. The summed E-state index contributed by atoms with van der Waals surface area (Å²) < 4.78 is 40.4. The van der Waals surface area contributed by atoms with Crippen molar-refractivity contribution in [3.05, 3.63) is 24.3 Å². The SMILES string of the molecule is CC(CN)CC(=O)Nc1ccc(OCC(F)(F)F)cc1. The van der Waals surface area contributed by atoms with Crippen LogP contribution >= 0.6 is 0 Å². The number of alkyl halides is 3. The number of hydrogen-bond donors (Lipinski definition) is 2. The van der Waals surface area contributed by atoms with Gasteiger partial charge in [-0.05, 0) is 36.7 Å². The van der Waals surface area contributed by atoms with Crippen LogP contribution < -0.4 is 15.8 Å². The van der Waals surface area contributed by atoms with Gasteiger partial charge in [0.15, 0.2) is 6.61 Å². The first-order chi connectivity index (χ1) is 9.30. The molecule has 1 atom stereocenters. The standard InChI is InChI=1S/C13H17F3N2O2/c1-9(7-17)6-12(19)18-10-2-4-11(5-3-10)20-8-13(14,15)16/h2-5,9H,6-8,17H2,1H3,(H,18,19). The molecule has 1 unspecified atom stereocenters. The van der Waals surface area contributed by atoms with Crippen LogP contribution in [-0.4, -0.2) is 25.2 Å². The van der Waals surface area contributed by atoms with Gasteiger partial charge in [0.25, 0.3) is 0 Å². The number of ether oxygens (including phenoxy) is 1. The highest BCUT2D eigenvalue weighted by molar-refractivity contribution is 5.90. The Labute approximate surface area is 115 Å². The molecule has 0 radical (unpaired) electrons. The second kappa shape index (κ2) is 7.14. The summed E-state index contributed by atoms with van der Waals surface area (Å²) in [6.45, 7) is 0.929. The molecule has 1 rings (SSSR count). The molecule has 4 nitrogen and oxygen atoms in total. The van der Waals surface area contributed by atoms with E-state index in [1.54, 1.807) is 0 Å². The number of carbonyl (C=O) groups excluding carboxylic acids is 1. The van der Waals surface area contributed by atoms with Crippen LogP contribution in [0.5, 0.6) is 5.75 Å². The predicted molar refractivity (Wildman–Crippen MR) is 69.5 cm³/mol. The summed E-state index contributed by atoms with van der Waals surface area (Å²) in [5.41, 5.74) is 5.91. The van der Waals surface area contributed by atoms with E-state index in [1.807, 2.05) is 6.92 Å². The van der Waals surface area contributed by atoms with Crippen molar-refractivity contribution in [2.24, 2.45) is 11.7 Å². The van der Waals surface area contributed by atoms with Gasteiger partial charge >= 0.3 is 6.18 Å². The van der Waals surface area contributed by atoms with Crippen molar-refractivity contribution < 1.29 is 22.7 Å². The molecule has 0 bridgehead atoms. The quantitative estimate of drug-likeness (QED) is 0.846. The van der Waals surface area contributed by atoms with Gasteiger partial charge in [0.05, 0.1) is 0 Å². The molecule has 0 heterocycles. The summed E-state index contributed by atoms with van der Waals surface area (Å²) in [5.74, 6) is -0.0213. The van der Waals surface area contributed by atoms with E-state index in [2.05, 4.69) is 10.1 Å². The van der Waals surface area contributed by atoms with Crippen LogP contribution in [0.4, 0.5) is 18.9 Å². The largest absolute Gasteiger partial charge is 0.484 e. The first kappa shape index (κ1) is 16.3. The first-order valence-electron chi connectivity index (χ1n) is 6.09. The van der Waals surface area contributed by atoms with Gasteiger partial charge in [-0.1, -0.05) is 6.92 Å². The Morgan fingerprint density at radius 1 is 1.35 bits per heavy atom. The second-order valence-corrected chi connectivity index (χ2v) is 4.52. The molecule has 0 aliphatic rings. The molecule has 0 fully saturated rings. The highest BCUT2D eigenvalue weighted by atomic mass is 19.4. The Morgan fingerprint density at radius 2 is 1.95 bits per heavy atom. The van der Waals surface area contributed by atoms with Crippen molar-refractivity contribution in [2.75, 3.05) is 18.5 Å². The van der Waals surface area contributed by atoms with E-state index in [9.17, 15) is 18.0 Å². The number of nitrogens with two attached hydrogens (primary N) is 1. The monoisotopic (exact) mass is 290 g/mol. The number of nitrogens with one attached hydrogen (secondary N) is 1. The molecule has 1 amide bonds. The van der Waals surface area contributed by atoms with Gasteiger partial charge in [0.2, 0.25) is 5.91 Å². The number of halogens is 3. The number of carbonyl (C=O) groups is 1. The summed E-state index contributed by atoms with van der Waals surface area (Å²) in [5, 5.41) is 2.63. The second-order valence-electron chi connectivity index (χ2n) is 4.52. The minimum Gasteiger partial charge on any atom is -0.484 e. The maximum Gasteiger partial charge on any atom is 0.422 e. The third-order valence-corrected chi connectivity index (χ3v) is 2.48. The van der Waals surface area contributed by atoms with E-state index in [1.165, 1.54) is 24.3 Å². The minimum absolute atomic E-state index is 0.0735. The zero-order valence-electron chi connectivity index (χ0n) is 11.0. The van der Waals surface area contributed by atoms with Crippen molar-refractivity contribution in [2.45, 2.75) is 19.5 Å². The molecule has 0 saturated heterocycles. The maximum absolute atomic E-state index is 12.0. The van der Waals surface area contributed by atoms with E-state index in [-0.39, 0.29) is 17.6 Å². The van der Waals surface area contributed by atoms with E-state index >= 15 is 0 Å². The van der Waals surface area contributed by atoms with Gasteiger partial charge < -0.3 is 15.8 Å². The molecule has 7 heteroatoms. The molecule has 0 aliphatic carbocycles. The smallest absolute Gasteiger partial charge is 0.422 e. The predicted octanol–water partition coefficient (Wildman–Crippen LogP) is 2.55. The molecule has 0 saturated carbocycles. The lowest BCUT2D eigenvalue weighted by Crippen LogP contribution is -2.20. The van der Waals surface area contributed by atoms with Crippen molar-refractivity contribution in [1.82, 2.24) is 0 Å². The van der Waals surface area contributed by atoms with Crippen LogP contribution in [0, 0.1) is 5.92 Å². The average Bonchev–Trinajstić information content (AvgIpc) is 2.36. The molecule has 1 aromatic carbocycles. The molecule has 0 spiro atoms. The van der Waals surface area contributed by atoms with Crippen LogP contribution in [-0.2, 0) is 4.79 Å². The molecule has 0 aromatic heterocycles. The highest BCUT2D eigenvalue weighted by Crippen LogP contribution is 2.20. The molecule has 20 heavy (non-hydrogen) atoms. The van der Waals surface area contributed by atoms with Crippen LogP contribution in [0.1, 0.15) is 13.3 Å². The zero-order chi connectivity index (χ0) is 15.2. The topological polar surface area (TPSA) is 64.4 Å². The van der Waals surface area contributed by atoms with Gasteiger partial charge in [-0.3, -0.25) is 4.79 Å². The van der Waals surface area contributed by atoms with Crippen LogP contribution in [0.15, 0.2) is 24.3 Å². The maximum atomic E-state index is 12.0. The Kier molecular flexibility index (Phi) is 5.82. The summed E-state index contributed by atoms with van der Waals surface area (Å²) in [6, 6.07) is 5.70. The third kappa shape index (κ3) is 6.42. The lowest BCUT2D eigenvalue weighted by molar-refractivity contribution is -0.153. The molecule has 0 aliphatic heterocycles. The van der Waals surface area contributed by atoms with Gasteiger partial charge in [-0.25, -0.2) is 0 Å². The molecule has 1 aromatic rings. The molecular weight excluding hydrogens is 273 g/mol. The van der Waals surface area contributed by atoms with Crippen LogP contribution in [0.2, 0.25) is 0 Å². The van der Waals surface area contributed by atoms with Crippen molar-refractivity contribution in [1.29, 1.82) is 0 Å². The fraction of sp³-hybridized carbons (Fsp3) is 0.462. The normalized spacial score (nSPS) is 12.8. The number of rotatable bonds is 6. The van der Waals surface area contributed by atoms with Crippen molar-refractivity contribution in [3.63, 3.8) is 0 Å².